The molecule has 19 heavy (non-hydrogen) atoms. The Morgan fingerprint density at radius 3 is 1.95 bits per heavy atom. The highest BCUT2D eigenvalue weighted by Gasteiger charge is 2.52. The van der Waals surface area contributed by atoms with Crippen molar-refractivity contribution in [2.24, 2.45) is 0 Å². The smallest absolute Gasteiger partial charge is 0.398 e. The molecule has 1 aliphatic heterocycles. The first-order valence-electron chi connectivity index (χ1n) is 6.43. The van der Waals surface area contributed by atoms with Crippen LogP contribution in [0.4, 0.5) is 0 Å². The molecule has 0 bridgehead atoms. The first-order valence-corrected chi connectivity index (χ1v) is 6.43. The minimum absolute atomic E-state index is 0.395. The van der Waals surface area contributed by atoms with Gasteiger partial charge in [-0.05, 0) is 41.5 Å². The molecule has 5 nitrogen and oxygen atoms in total. The molecule has 0 radical (unpaired) electrons. The van der Waals surface area contributed by atoms with Crippen molar-refractivity contribution in [3.8, 4) is 0 Å². The Kier molecular flexibility index (Phi) is 3.24. The van der Waals surface area contributed by atoms with Crippen LogP contribution in [0.25, 0.3) is 0 Å². The van der Waals surface area contributed by atoms with Crippen molar-refractivity contribution in [3.63, 3.8) is 0 Å². The van der Waals surface area contributed by atoms with Crippen LogP contribution in [0.2, 0.25) is 0 Å². The largest absolute Gasteiger partial charge is 0.516 e. The molecule has 2 heterocycles. The molecule has 1 fully saturated rings. The van der Waals surface area contributed by atoms with Gasteiger partial charge in [-0.2, -0.15) is 0 Å². The van der Waals surface area contributed by atoms with Gasteiger partial charge in [0.25, 0.3) is 0 Å². The molecule has 0 atom stereocenters. The van der Waals surface area contributed by atoms with E-state index in [1.807, 2.05) is 27.7 Å². The maximum atomic E-state index is 9.85. The monoisotopic (exact) mass is 264 g/mol. The molecule has 0 aromatic carbocycles. The van der Waals surface area contributed by atoms with Gasteiger partial charge in [0.1, 0.15) is 5.60 Å². The number of hydrogen-bond donors (Lipinski definition) is 1. The van der Waals surface area contributed by atoms with Crippen LogP contribution in [-0.4, -0.2) is 33.4 Å². The predicted molar refractivity (Wildman–Crippen MR) is 73.0 cm³/mol. The molecule has 1 aliphatic rings. The van der Waals surface area contributed by atoms with Crippen molar-refractivity contribution in [2.75, 3.05) is 0 Å². The molecular weight excluding hydrogens is 243 g/mol. The van der Waals surface area contributed by atoms with Gasteiger partial charge in [0, 0.05) is 6.20 Å². The van der Waals surface area contributed by atoms with Gasteiger partial charge in [-0.15, -0.1) is 0 Å². The molecule has 1 aromatic rings. The number of aromatic nitrogens is 2. The average Bonchev–Trinajstić information content (AvgIpc) is 2.47. The topological polar surface area (TPSA) is 64.5 Å². The van der Waals surface area contributed by atoms with Crippen LogP contribution in [0.1, 0.15) is 47.2 Å². The number of aliphatic hydroxyl groups is 1. The van der Waals surface area contributed by atoms with Gasteiger partial charge in [0.15, 0.2) is 0 Å². The number of rotatable bonds is 2. The van der Waals surface area contributed by atoms with E-state index >= 15 is 0 Å². The van der Waals surface area contributed by atoms with Gasteiger partial charge in [0.05, 0.1) is 28.7 Å². The van der Waals surface area contributed by atoms with E-state index in [0.29, 0.717) is 11.3 Å². The first kappa shape index (κ1) is 14.4. The molecule has 1 saturated heterocycles. The van der Waals surface area contributed by atoms with E-state index in [1.54, 1.807) is 26.2 Å². The lowest BCUT2D eigenvalue weighted by atomic mass is 9.85. The second-order valence-corrected chi connectivity index (χ2v) is 6.47. The third-order valence-electron chi connectivity index (χ3n) is 3.79. The van der Waals surface area contributed by atoms with E-state index in [2.05, 4.69) is 9.97 Å². The van der Waals surface area contributed by atoms with Gasteiger partial charge in [-0.1, -0.05) is 0 Å². The predicted octanol–water partition coefficient (Wildman–Crippen LogP) is 1.00. The summed E-state index contributed by atoms with van der Waals surface area (Å²) in [4.78, 5) is 8.50. The van der Waals surface area contributed by atoms with Crippen molar-refractivity contribution in [1.29, 1.82) is 0 Å². The van der Waals surface area contributed by atoms with Crippen LogP contribution in [0.15, 0.2) is 12.4 Å². The zero-order valence-corrected chi connectivity index (χ0v) is 12.4. The summed E-state index contributed by atoms with van der Waals surface area (Å²) in [7, 11) is -0.520. The maximum Gasteiger partial charge on any atom is 0.516 e. The lowest BCUT2D eigenvalue weighted by molar-refractivity contribution is 0.00578. The van der Waals surface area contributed by atoms with Crippen molar-refractivity contribution >= 4 is 12.7 Å². The molecular formula is C13H21BN2O3. The van der Waals surface area contributed by atoms with Gasteiger partial charge in [0.2, 0.25) is 0 Å². The quantitative estimate of drug-likeness (QED) is 0.807. The molecule has 0 saturated carbocycles. The molecule has 104 valence electrons. The molecule has 1 N–H and O–H groups in total. The zero-order chi connectivity index (χ0) is 14.5. The van der Waals surface area contributed by atoms with E-state index in [-0.39, 0.29) is 0 Å². The normalized spacial score (nSPS) is 21.7. The minimum atomic E-state index is -0.999. The van der Waals surface area contributed by atoms with Crippen LogP contribution in [0, 0.1) is 0 Å². The summed E-state index contributed by atoms with van der Waals surface area (Å²) in [6.07, 6.45) is 3.15. The fourth-order valence-corrected chi connectivity index (χ4v) is 1.74. The van der Waals surface area contributed by atoms with Crippen molar-refractivity contribution < 1.29 is 14.4 Å². The summed E-state index contributed by atoms with van der Waals surface area (Å²) in [5.41, 5.74) is -0.649. The lowest BCUT2D eigenvalue weighted by Gasteiger charge is -2.32. The molecule has 6 heteroatoms. The highest BCUT2D eigenvalue weighted by molar-refractivity contribution is 6.61. The summed E-state index contributed by atoms with van der Waals surface area (Å²) in [5.74, 6) is 0. The van der Waals surface area contributed by atoms with Crippen LogP contribution in [-0.2, 0) is 14.9 Å². The Bertz CT molecular complexity index is 450. The summed E-state index contributed by atoms with van der Waals surface area (Å²) in [6.45, 7) is 11.3. The van der Waals surface area contributed by atoms with Crippen molar-refractivity contribution in [3.05, 3.63) is 18.1 Å². The van der Waals surface area contributed by atoms with E-state index in [9.17, 15) is 5.11 Å². The Hall–Kier alpha value is -0.975. The SMILES string of the molecule is CC(C)(O)c1cnc(B2OC(C)(C)C(C)(C)O2)cn1. The first-order chi connectivity index (χ1) is 8.53. The summed E-state index contributed by atoms with van der Waals surface area (Å²) in [5, 5.41) is 9.85. The molecule has 0 amide bonds. The third-order valence-corrected chi connectivity index (χ3v) is 3.79. The number of hydrogen-bond acceptors (Lipinski definition) is 5. The third kappa shape index (κ3) is 2.66. The van der Waals surface area contributed by atoms with E-state index in [1.165, 1.54) is 0 Å². The maximum absolute atomic E-state index is 9.85. The molecule has 0 aliphatic carbocycles. The standard InChI is InChI=1S/C13H21BN2O3/c1-11(2,17)9-7-16-10(8-15-9)14-18-12(3,4)13(5,6)19-14/h7-8,17H,1-6H3. The van der Waals surface area contributed by atoms with Crippen LogP contribution in [0.3, 0.4) is 0 Å². The van der Waals surface area contributed by atoms with Gasteiger partial charge in [-0.3, -0.25) is 9.97 Å². The second-order valence-electron chi connectivity index (χ2n) is 6.47. The second kappa shape index (κ2) is 4.26. The Morgan fingerprint density at radius 2 is 1.58 bits per heavy atom. The van der Waals surface area contributed by atoms with E-state index in [0.717, 1.165) is 0 Å². The fraction of sp³-hybridized carbons (Fsp3) is 0.692. The summed E-state index contributed by atoms with van der Waals surface area (Å²) in [6, 6.07) is 0. The zero-order valence-electron chi connectivity index (χ0n) is 12.4. The summed E-state index contributed by atoms with van der Waals surface area (Å²) < 4.78 is 11.8. The van der Waals surface area contributed by atoms with Crippen LogP contribution < -0.4 is 5.59 Å². The Balaban J connectivity index is 2.22. The Morgan fingerprint density at radius 1 is 1.05 bits per heavy atom. The van der Waals surface area contributed by atoms with Gasteiger partial charge >= 0.3 is 7.12 Å². The van der Waals surface area contributed by atoms with Gasteiger partial charge < -0.3 is 14.4 Å². The summed E-state index contributed by atoms with van der Waals surface area (Å²) >= 11 is 0. The highest BCUT2D eigenvalue weighted by Crippen LogP contribution is 2.36. The average molecular weight is 264 g/mol. The van der Waals surface area contributed by atoms with Crippen LogP contribution >= 0.6 is 0 Å². The lowest BCUT2D eigenvalue weighted by Crippen LogP contribution is -2.41. The highest BCUT2D eigenvalue weighted by atomic mass is 16.7. The molecule has 2 rings (SSSR count). The van der Waals surface area contributed by atoms with E-state index in [4.69, 9.17) is 9.31 Å². The van der Waals surface area contributed by atoms with E-state index < -0.39 is 23.9 Å². The number of nitrogens with zero attached hydrogens (tertiary/aromatic N) is 2. The Labute approximate surface area is 114 Å². The molecule has 0 unspecified atom stereocenters. The van der Waals surface area contributed by atoms with Crippen molar-refractivity contribution in [2.45, 2.75) is 58.3 Å². The van der Waals surface area contributed by atoms with Crippen LogP contribution in [0.5, 0.6) is 0 Å². The fourth-order valence-electron chi connectivity index (χ4n) is 1.74. The van der Waals surface area contributed by atoms with Gasteiger partial charge in [-0.25, -0.2) is 0 Å². The molecule has 1 aromatic heterocycles. The van der Waals surface area contributed by atoms with Crippen molar-refractivity contribution in [1.82, 2.24) is 9.97 Å². The minimum Gasteiger partial charge on any atom is -0.398 e. The molecule has 0 spiro atoms.